The zero-order chi connectivity index (χ0) is 44.6. The minimum atomic E-state index is -0.0985. The van der Waals surface area contributed by atoms with Gasteiger partial charge in [-0.25, -0.2) is 0 Å². The molecule has 3 heterocycles. The molecule has 0 amide bonds. The molecule has 6 N–H and O–H groups in total. The van der Waals surface area contributed by atoms with Crippen molar-refractivity contribution >= 4 is 17.2 Å². The van der Waals surface area contributed by atoms with Gasteiger partial charge in [-0.3, -0.25) is 9.98 Å². The van der Waals surface area contributed by atoms with Gasteiger partial charge in [0.05, 0.1) is 72.6 Å². The highest BCUT2D eigenvalue weighted by Gasteiger charge is 2.34. The van der Waals surface area contributed by atoms with E-state index in [0.717, 1.165) is 84.8 Å². The van der Waals surface area contributed by atoms with Gasteiger partial charge in [-0.1, -0.05) is 76.2 Å². The Labute approximate surface area is 357 Å². The van der Waals surface area contributed by atoms with Gasteiger partial charge >= 0.3 is 0 Å². The minimum absolute atomic E-state index is 0.0985. The number of ether oxygens (including phenoxy) is 6. The molecule has 13 heteroatoms. The molecular formula is C45H96N6O7. The largest absolute Gasteiger partial charge is 0.378 e. The SMILES string of the molecule is CC.CC.CC(=O)CC(C)C.CC(CC(C)C)=NCCNCCN=C(C)CC(C)C.CCC(COCC1CO1)(COCC1CO1)COCC1CO1.NCCNCCN. The first-order valence-electron chi connectivity index (χ1n) is 22.6. The van der Waals surface area contributed by atoms with E-state index in [9.17, 15) is 4.79 Å². The van der Waals surface area contributed by atoms with Crippen LogP contribution in [0.5, 0.6) is 0 Å². The third-order valence-corrected chi connectivity index (χ3v) is 8.18. The Hall–Kier alpha value is -1.39. The summed E-state index contributed by atoms with van der Waals surface area (Å²) >= 11 is 0. The molecule has 3 aliphatic rings. The number of carbonyl (C=O) groups is 1. The van der Waals surface area contributed by atoms with Crippen LogP contribution < -0.4 is 22.1 Å². The Balaban J connectivity index is -0.000000745. The lowest BCUT2D eigenvalue weighted by Crippen LogP contribution is -2.38. The minimum Gasteiger partial charge on any atom is -0.378 e. The second-order valence-electron chi connectivity index (χ2n) is 16.1. The average molecular weight is 833 g/mol. The second-order valence-corrected chi connectivity index (χ2v) is 16.1. The Bertz CT molecular complexity index is 878. The van der Waals surface area contributed by atoms with Crippen LogP contribution in [0.4, 0.5) is 0 Å². The molecular weight excluding hydrogens is 737 g/mol. The number of epoxide rings is 3. The summed E-state index contributed by atoms with van der Waals surface area (Å²) in [6, 6.07) is 0. The highest BCUT2D eigenvalue weighted by Crippen LogP contribution is 2.26. The van der Waals surface area contributed by atoms with Crippen LogP contribution >= 0.6 is 0 Å². The predicted octanol–water partition coefficient (Wildman–Crippen LogP) is 6.39. The summed E-state index contributed by atoms with van der Waals surface area (Å²) in [6.07, 6.45) is 4.77. The van der Waals surface area contributed by atoms with E-state index < -0.39 is 0 Å². The molecule has 3 atom stereocenters. The fraction of sp³-hybridized carbons (Fsp3) is 0.933. The van der Waals surface area contributed by atoms with E-state index in [-0.39, 0.29) is 11.2 Å². The maximum Gasteiger partial charge on any atom is 0.130 e. The van der Waals surface area contributed by atoms with Crippen LogP contribution in [-0.2, 0) is 33.2 Å². The van der Waals surface area contributed by atoms with E-state index in [1.807, 2.05) is 41.5 Å². The molecule has 0 aromatic carbocycles. The molecule has 0 aromatic rings. The molecule has 0 radical (unpaired) electrons. The van der Waals surface area contributed by atoms with Crippen LogP contribution in [0.2, 0.25) is 0 Å². The molecule has 0 spiro atoms. The lowest BCUT2D eigenvalue weighted by molar-refractivity contribution is -0.117. The second kappa shape index (κ2) is 42.3. The monoisotopic (exact) mass is 833 g/mol. The van der Waals surface area contributed by atoms with E-state index >= 15 is 0 Å². The number of ketones is 1. The molecule has 0 aromatic heterocycles. The van der Waals surface area contributed by atoms with Crippen molar-refractivity contribution in [2.24, 2.45) is 44.6 Å². The molecule has 58 heavy (non-hydrogen) atoms. The molecule has 0 bridgehead atoms. The number of nitrogens with zero attached hydrogens (tertiary/aromatic N) is 2. The van der Waals surface area contributed by atoms with Crippen LogP contribution in [0.3, 0.4) is 0 Å². The van der Waals surface area contributed by atoms with Crippen molar-refractivity contribution in [3.8, 4) is 0 Å². The number of hydrogen-bond acceptors (Lipinski definition) is 13. The maximum atomic E-state index is 10.3. The van der Waals surface area contributed by atoms with E-state index in [1.54, 1.807) is 6.92 Å². The smallest absolute Gasteiger partial charge is 0.130 e. The third-order valence-electron chi connectivity index (χ3n) is 8.18. The van der Waals surface area contributed by atoms with Gasteiger partial charge in [0, 0.05) is 62.5 Å². The third kappa shape index (κ3) is 47.3. The van der Waals surface area contributed by atoms with Gasteiger partial charge in [-0.15, -0.1) is 0 Å². The van der Waals surface area contributed by atoms with Gasteiger partial charge in [-0.05, 0) is 57.8 Å². The number of nitrogens with two attached hydrogens (primary N) is 2. The Kier molecular flexibility index (Phi) is 44.4. The van der Waals surface area contributed by atoms with Crippen molar-refractivity contribution < 1.29 is 33.2 Å². The van der Waals surface area contributed by atoms with Crippen LogP contribution in [0, 0.1) is 23.2 Å². The first-order chi connectivity index (χ1) is 27.7. The van der Waals surface area contributed by atoms with E-state index in [1.165, 1.54) is 11.4 Å². The zero-order valence-corrected chi connectivity index (χ0v) is 40.2. The highest BCUT2D eigenvalue weighted by molar-refractivity contribution is 5.82. The van der Waals surface area contributed by atoms with Crippen molar-refractivity contribution in [3.05, 3.63) is 0 Å². The quantitative estimate of drug-likeness (QED) is 0.0373. The molecule has 3 rings (SSSR count). The summed E-state index contributed by atoms with van der Waals surface area (Å²) in [5, 5.41) is 6.42. The van der Waals surface area contributed by atoms with Crippen molar-refractivity contribution in [2.45, 2.75) is 141 Å². The van der Waals surface area contributed by atoms with E-state index in [2.05, 4.69) is 69.1 Å². The molecule has 3 saturated heterocycles. The average Bonchev–Trinajstić information content (AvgIpc) is 4.01. The van der Waals surface area contributed by atoms with E-state index in [4.69, 9.17) is 39.9 Å². The molecule has 3 fully saturated rings. The number of hydrogen-bond donors (Lipinski definition) is 4. The van der Waals surface area contributed by atoms with Gasteiger partial charge in [0.25, 0.3) is 0 Å². The topological polar surface area (TPSA) is 183 Å². The van der Waals surface area contributed by atoms with Crippen LogP contribution in [0.15, 0.2) is 9.98 Å². The molecule has 0 aliphatic carbocycles. The van der Waals surface area contributed by atoms with Crippen LogP contribution in [0.1, 0.15) is 123 Å². The highest BCUT2D eigenvalue weighted by atomic mass is 16.6. The summed E-state index contributed by atoms with van der Waals surface area (Å²) in [5.41, 5.74) is 12.8. The fourth-order valence-corrected chi connectivity index (χ4v) is 5.14. The van der Waals surface area contributed by atoms with Gasteiger partial charge in [0.1, 0.15) is 24.1 Å². The molecule has 13 nitrogen and oxygen atoms in total. The van der Waals surface area contributed by atoms with Gasteiger partial charge in [0.2, 0.25) is 0 Å². The van der Waals surface area contributed by atoms with Gasteiger partial charge in [0.15, 0.2) is 0 Å². The van der Waals surface area contributed by atoms with Gasteiger partial charge in [-0.2, -0.15) is 0 Å². The maximum absolute atomic E-state index is 10.3. The summed E-state index contributed by atoms with van der Waals surface area (Å²) in [7, 11) is 0. The van der Waals surface area contributed by atoms with Crippen molar-refractivity contribution in [2.75, 3.05) is 112 Å². The Morgan fingerprint density at radius 2 is 0.931 bits per heavy atom. The lowest BCUT2D eigenvalue weighted by atomic mass is 9.88. The van der Waals surface area contributed by atoms with Crippen molar-refractivity contribution in [1.29, 1.82) is 0 Å². The first kappa shape index (κ1) is 60.9. The number of rotatable bonds is 29. The zero-order valence-electron chi connectivity index (χ0n) is 40.2. The Morgan fingerprint density at radius 1 is 0.621 bits per heavy atom. The summed E-state index contributed by atoms with van der Waals surface area (Å²) in [5.74, 6) is 2.22. The van der Waals surface area contributed by atoms with Crippen LogP contribution in [0.25, 0.3) is 0 Å². The number of Topliss-reactive ketones (excluding diaryl/α,β-unsaturated/α-hetero) is 1. The van der Waals surface area contributed by atoms with Crippen molar-refractivity contribution in [3.63, 3.8) is 0 Å². The van der Waals surface area contributed by atoms with Gasteiger partial charge < -0.3 is 55.3 Å². The number of aliphatic imine (C=N–C) groups is 2. The molecule has 3 unspecified atom stereocenters. The normalized spacial score (nSPS) is 18.8. The lowest BCUT2D eigenvalue weighted by Gasteiger charge is -2.32. The number of carbonyl (C=O) groups excluding carboxylic acids is 1. The summed E-state index contributed by atoms with van der Waals surface area (Å²) in [6.45, 7) is 42.2. The summed E-state index contributed by atoms with van der Waals surface area (Å²) in [4.78, 5) is 19.4. The molecule has 0 saturated carbocycles. The Morgan fingerprint density at radius 3 is 1.16 bits per heavy atom. The standard InChI is InChI=1S/C16H33N3.C15H26O6.C6H12O.C4H13N3.2C2H6/c1-13(2)11-15(5)18-9-7-17-8-10-19-16(6)12-14(3)4;1-2-15(9-16-3-12-6-19-12,10-17-4-13-7-20-13)11-18-5-14-8-21-14;1-5(2)4-6(3)7;5-1-3-7-4-2-6;2*1-2/h13-14,17H,7-12H2,1-6H3;12-14H,2-11H2,1H3;5H,4H2,1-3H3;7H,1-6H2;2*1-2H3. The number of nitrogens with one attached hydrogen (secondary N) is 2. The summed E-state index contributed by atoms with van der Waals surface area (Å²) < 4.78 is 33.0. The fourth-order valence-electron chi connectivity index (χ4n) is 5.14. The van der Waals surface area contributed by atoms with Crippen molar-refractivity contribution in [1.82, 2.24) is 10.6 Å². The van der Waals surface area contributed by atoms with Crippen LogP contribution in [-0.4, -0.2) is 147 Å². The van der Waals surface area contributed by atoms with E-state index in [0.29, 0.717) is 88.8 Å². The first-order valence-corrected chi connectivity index (χ1v) is 22.6. The molecule has 348 valence electrons. The predicted molar refractivity (Wildman–Crippen MR) is 246 cm³/mol. The molecule has 3 aliphatic heterocycles.